The van der Waals surface area contributed by atoms with Gasteiger partial charge in [0.25, 0.3) is 5.91 Å². The number of amides is 1. The van der Waals surface area contributed by atoms with Crippen LogP contribution in [0.5, 0.6) is 5.75 Å². The number of esters is 1. The first-order chi connectivity index (χ1) is 13.2. The predicted octanol–water partition coefficient (Wildman–Crippen LogP) is 4.02. The number of thiophene rings is 1. The van der Waals surface area contributed by atoms with Gasteiger partial charge in [-0.05, 0) is 35.9 Å². The summed E-state index contributed by atoms with van der Waals surface area (Å²) in [7, 11) is 1.35. The van der Waals surface area contributed by atoms with Gasteiger partial charge in [0.15, 0.2) is 0 Å². The lowest BCUT2D eigenvalue weighted by Crippen LogP contribution is -2.21. The van der Waals surface area contributed by atoms with Gasteiger partial charge in [-0.1, -0.05) is 24.3 Å². The molecule has 0 aliphatic carbocycles. The van der Waals surface area contributed by atoms with Crippen molar-refractivity contribution in [3.05, 3.63) is 76.2 Å². The highest BCUT2D eigenvalue weighted by Gasteiger charge is 2.22. The molecule has 2 aromatic carbocycles. The van der Waals surface area contributed by atoms with Crippen LogP contribution in [0.15, 0.2) is 54.6 Å². The van der Waals surface area contributed by atoms with Crippen molar-refractivity contribution in [1.29, 1.82) is 0 Å². The van der Waals surface area contributed by atoms with E-state index in [2.05, 4.69) is 10.1 Å². The van der Waals surface area contributed by atoms with Gasteiger partial charge in [-0.2, -0.15) is 0 Å². The van der Waals surface area contributed by atoms with Crippen molar-refractivity contribution in [2.75, 3.05) is 7.11 Å². The summed E-state index contributed by atoms with van der Waals surface area (Å²) in [4.78, 5) is 25.8. The summed E-state index contributed by atoms with van der Waals surface area (Å²) in [6.07, 6.45) is 0. The molecule has 6 heteroatoms. The predicted molar refractivity (Wildman–Crippen MR) is 103 cm³/mol. The fourth-order valence-electron chi connectivity index (χ4n) is 2.96. The second-order valence-corrected chi connectivity index (χ2v) is 7.17. The van der Waals surface area contributed by atoms with Crippen LogP contribution in [0.4, 0.5) is 0 Å². The molecule has 2 heterocycles. The van der Waals surface area contributed by atoms with Gasteiger partial charge in [-0.15, -0.1) is 11.3 Å². The zero-order chi connectivity index (χ0) is 18.8. The van der Waals surface area contributed by atoms with Crippen LogP contribution in [0.25, 0.3) is 10.4 Å². The summed E-state index contributed by atoms with van der Waals surface area (Å²) in [5, 5.41) is 2.93. The molecule has 5 nitrogen and oxygen atoms in total. The van der Waals surface area contributed by atoms with E-state index >= 15 is 0 Å². The summed E-state index contributed by atoms with van der Waals surface area (Å²) in [5.74, 6) is 0.352. The molecule has 0 atom stereocenters. The minimum Gasteiger partial charge on any atom is -0.488 e. The van der Waals surface area contributed by atoms with Crippen molar-refractivity contribution >= 4 is 23.2 Å². The molecule has 136 valence electrons. The summed E-state index contributed by atoms with van der Waals surface area (Å²) >= 11 is 1.48. The average Bonchev–Trinajstić information content (AvgIpc) is 3.17. The molecule has 0 radical (unpaired) electrons. The Labute approximate surface area is 160 Å². The van der Waals surface area contributed by atoms with E-state index in [0.29, 0.717) is 23.6 Å². The van der Waals surface area contributed by atoms with Crippen molar-refractivity contribution in [2.45, 2.75) is 13.2 Å². The number of para-hydroxylation sites is 1. The molecular formula is C21H17NO4S. The van der Waals surface area contributed by atoms with E-state index in [0.717, 1.165) is 27.3 Å². The van der Waals surface area contributed by atoms with Gasteiger partial charge >= 0.3 is 5.97 Å². The molecule has 27 heavy (non-hydrogen) atoms. The molecule has 0 spiro atoms. The fraction of sp³-hybridized carbons (Fsp3) is 0.143. The van der Waals surface area contributed by atoms with E-state index in [1.165, 1.54) is 18.4 Å². The Bertz CT molecular complexity index is 1010. The van der Waals surface area contributed by atoms with Gasteiger partial charge in [0.1, 0.15) is 12.4 Å². The molecule has 0 fully saturated rings. The number of carbonyl (C=O) groups excluding carboxylic acids is 2. The van der Waals surface area contributed by atoms with Crippen molar-refractivity contribution in [1.82, 2.24) is 5.32 Å². The van der Waals surface area contributed by atoms with Crippen molar-refractivity contribution < 1.29 is 19.1 Å². The Hall–Kier alpha value is -3.12. The number of carbonyl (C=O) groups is 2. The van der Waals surface area contributed by atoms with Gasteiger partial charge in [0.05, 0.1) is 17.6 Å². The molecule has 0 saturated heterocycles. The molecule has 0 bridgehead atoms. The van der Waals surface area contributed by atoms with Crippen LogP contribution in [0.1, 0.15) is 31.2 Å². The standard InChI is InChI=1S/C21H17NO4S/c1-25-21(24)14-8-6-13(7-9-14)11-22-20(23)18-10-15-12-26-17-5-3-2-4-16(17)19(15)27-18/h2-10H,11-12H2,1H3,(H,22,23). The van der Waals surface area contributed by atoms with E-state index < -0.39 is 0 Å². The largest absolute Gasteiger partial charge is 0.488 e. The molecule has 1 aliphatic heterocycles. The summed E-state index contributed by atoms with van der Waals surface area (Å²) < 4.78 is 10.4. The van der Waals surface area contributed by atoms with E-state index in [1.54, 1.807) is 24.3 Å². The highest BCUT2D eigenvalue weighted by Crippen LogP contribution is 2.42. The summed E-state index contributed by atoms with van der Waals surface area (Å²) in [6, 6.07) is 16.7. The Morgan fingerprint density at radius 2 is 1.93 bits per heavy atom. The number of methoxy groups -OCH3 is 1. The zero-order valence-electron chi connectivity index (χ0n) is 14.7. The van der Waals surface area contributed by atoms with Gasteiger partial charge in [0, 0.05) is 22.5 Å². The maximum atomic E-state index is 12.6. The minimum atomic E-state index is -0.378. The molecular weight excluding hydrogens is 362 g/mol. The van der Waals surface area contributed by atoms with Gasteiger partial charge in [0.2, 0.25) is 0 Å². The normalized spacial score (nSPS) is 11.7. The van der Waals surface area contributed by atoms with Crippen molar-refractivity contribution in [3.8, 4) is 16.2 Å². The number of ether oxygens (including phenoxy) is 2. The zero-order valence-corrected chi connectivity index (χ0v) is 15.5. The molecule has 4 rings (SSSR count). The highest BCUT2D eigenvalue weighted by molar-refractivity contribution is 7.17. The average molecular weight is 379 g/mol. The number of hydrogen-bond donors (Lipinski definition) is 1. The van der Waals surface area contributed by atoms with E-state index in [9.17, 15) is 9.59 Å². The van der Waals surface area contributed by atoms with Crippen LogP contribution >= 0.6 is 11.3 Å². The molecule has 0 unspecified atom stereocenters. The second-order valence-electron chi connectivity index (χ2n) is 6.12. The third kappa shape index (κ3) is 3.44. The van der Waals surface area contributed by atoms with Crippen LogP contribution in [0, 0.1) is 0 Å². The Morgan fingerprint density at radius 3 is 2.70 bits per heavy atom. The summed E-state index contributed by atoms with van der Waals surface area (Å²) in [6.45, 7) is 0.862. The Kier molecular flexibility index (Phi) is 4.64. The maximum absolute atomic E-state index is 12.6. The van der Waals surface area contributed by atoms with E-state index in [1.807, 2.05) is 30.3 Å². The number of rotatable bonds is 4. The molecule has 1 amide bonds. The van der Waals surface area contributed by atoms with Crippen LogP contribution in [-0.2, 0) is 17.9 Å². The highest BCUT2D eigenvalue weighted by atomic mass is 32.1. The van der Waals surface area contributed by atoms with Crippen molar-refractivity contribution in [2.24, 2.45) is 0 Å². The van der Waals surface area contributed by atoms with Crippen LogP contribution in [-0.4, -0.2) is 19.0 Å². The third-order valence-electron chi connectivity index (χ3n) is 4.38. The lowest BCUT2D eigenvalue weighted by Gasteiger charge is -2.16. The molecule has 1 aromatic heterocycles. The maximum Gasteiger partial charge on any atom is 0.337 e. The molecule has 3 aromatic rings. The third-order valence-corrected chi connectivity index (χ3v) is 5.59. The van der Waals surface area contributed by atoms with E-state index in [4.69, 9.17) is 4.74 Å². The Balaban J connectivity index is 1.46. The molecule has 0 saturated carbocycles. The second kappa shape index (κ2) is 7.25. The van der Waals surface area contributed by atoms with Crippen LogP contribution in [0.3, 0.4) is 0 Å². The quantitative estimate of drug-likeness (QED) is 0.696. The number of nitrogens with one attached hydrogen (secondary N) is 1. The molecule has 1 N–H and O–H groups in total. The summed E-state index contributed by atoms with van der Waals surface area (Å²) in [5.41, 5.74) is 3.45. The number of fused-ring (bicyclic) bond motifs is 3. The molecule has 1 aliphatic rings. The van der Waals surface area contributed by atoms with Crippen molar-refractivity contribution in [3.63, 3.8) is 0 Å². The first-order valence-corrected chi connectivity index (χ1v) is 9.27. The fourth-order valence-corrected chi connectivity index (χ4v) is 4.07. The lowest BCUT2D eigenvalue weighted by atomic mass is 10.1. The number of benzene rings is 2. The SMILES string of the molecule is COC(=O)c1ccc(CNC(=O)c2cc3c(s2)-c2ccccc2OC3)cc1. The van der Waals surface area contributed by atoms with E-state index in [-0.39, 0.29) is 11.9 Å². The van der Waals surface area contributed by atoms with Gasteiger partial charge < -0.3 is 14.8 Å². The minimum absolute atomic E-state index is 0.121. The first kappa shape index (κ1) is 17.3. The van der Waals surface area contributed by atoms with Gasteiger partial charge in [-0.3, -0.25) is 4.79 Å². The van der Waals surface area contributed by atoms with Crippen LogP contribution < -0.4 is 10.1 Å². The van der Waals surface area contributed by atoms with Crippen LogP contribution in [0.2, 0.25) is 0 Å². The number of hydrogen-bond acceptors (Lipinski definition) is 5. The lowest BCUT2D eigenvalue weighted by molar-refractivity contribution is 0.0600. The first-order valence-electron chi connectivity index (χ1n) is 8.46. The van der Waals surface area contributed by atoms with Gasteiger partial charge in [-0.25, -0.2) is 4.79 Å². The Morgan fingerprint density at radius 1 is 1.15 bits per heavy atom. The topological polar surface area (TPSA) is 64.6 Å². The smallest absolute Gasteiger partial charge is 0.337 e. The monoisotopic (exact) mass is 379 g/mol.